The molecule has 0 radical (unpaired) electrons. The number of amides is 4. The summed E-state index contributed by atoms with van der Waals surface area (Å²) in [7, 11) is -4.29. The number of benzene rings is 2. The maximum absolute atomic E-state index is 14.3. The number of H-pyrrole nitrogens is 1. The predicted octanol–water partition coefficient (Wildman–Crippen LogP) is 3.32. The van der Waals surface area contributed by atoms with Gasteiger partial charge in [0.15, 0.2) is 0 Å². The largest absolute Gasteiger partial charge is 0.399 e. The van der Waals surface area contributed by atoms with Crippen molar-refractivity contribution in [1.82, 2.24) is 20.1 Å². The Labute approximate surface area is 262 Å². The highest BCUT2D eigenvalue weighted by Crippen LogP contribution is 2.59. The van der Waals surface area contributed by atoms with Gasteiger partial charge in [-0.15, -0.1) is 0 Å². The normalized spacial score (nSPS) is 20.5. The van der Waals surface area contributed by atoms with Crippen molar-refractivity contribution in [3.05, 3.63) is 71.2 Å². The molecule has 3 heterocycles. The molecule has 2 fully saturated rings. The number of likely N-dealkylation sites (N-methyl/N-ethyl adjacent to an activating group) is 1. The number of hydrogen-bond acceptors (Lipinski definition) is 5. The van der Waals surface area contributed by atoms with Crippen LogP contribution in [0.4, 0.5) is 20.2 Å². The van der Waals surface area contributed by atoms with Gasteiger partial charge in [0.1, 0.15) is 17.8 Å². The van der Waals surface area contributed by atoms with Crippen LogP contribution >= 0.6 is 7.60 Å². The first-order valence-electron chi connectivity index (χ1n) is 14.3. The van der Waals surface area contributed by atoms with Crippen LogP contribution in [0.1, 0.15) is 42.2 Å². The molecule has 16 heteroatoms. The van der Waals surface area contributed by atoms with Gasteiger partial charge in [-0.3, -0.25) is 23.7 Å². The zero-order chi connectivity index (χ0) is 33.6. The van der Waals surface area contributed by atoms with Crippen molar-refractivity contribution in [2.24, 2.45) is 0 Å². The standard InChI is InChI=1S/C30H31F2N6O7P/c1-17(39)37-13-12-20-9-11-26(29(42)36(3)25-7-5-4-6-22(25)33-2)38(20)28(41)24(16-37)35-27(40)23-15-18-14-19(8-10-21(18)34-23)30(31,32)46(43,44)45/h4-8,10,14-15,20,24,26,34H,9,11-13,16H2,1,3H3,(H,35,40)(H2,43,44,45)/t20-,24+,26+/m1/s1. The maximum Gasteiger partial charge on any atom is 0.399 e. The predicted molar refractivity (Wildman–Crippen MR) is 162 cm³/mol. The third-order valence-electron chi connectivity index (χ3n) is 8.50. The number of carbonyl (C=O) groups is 4. The topological polar surface area (TPSA) is 168 Å². The molecule has 0 spiro atoms. The Kier molecular flexibility index (Phi) is 8.74. The van der Waals surface area contributed by atoms with Crippen molar-refractivity contribution >= 4 is 53.5 Å². The first-order chi connectivity index (χ1) is 21.6. The quantitative estimate of drug-likeness (QED) is 0.233. The van der Waals surface area contributed by atoms with Crippen LogP contribution in [0.5, 0.6) is 0 Å². The Morgan fingerprint density at radius 1 is 1.13 bits per heavy atom. The molecule has 2 aliphatic rings. The number of carbonyl (C=O) groups excluding carboxylic acids is 4. The van der Waals surface area contributed by atoms with E-state index in [1.807, 2.05) is 0 Å². The molecular weight excluding hydrogens is 625 g/mol. The number of hydrogen-bond donors (Lipinski definition) is 4. The van der Waals surface area contributed by atoms with E-state index in [0.717, 1.165) is 18.2 Å². The lowest BCUT2D eigenvalue weighted by atomic mass is 10.1. The summed E-state index contributed by atoms with van der Waals surface area (Å²) in [6, 6.07) is 8.10. The third kappa shape index (κ3) is 5.99. The van der Waals surface area contributed by atoms with Crippen molar-refractivity contribution in [2.75, 3.05) is 25.0 Å². The van der Waals surface area contributed by atoms with E-state index in [0.29, 0.717) is 24.9 Å². The minimum Gasteiger partial charge on any atom is -0.351 e. The van der Waals surface area contributed by atoms with Crippen molar-refractivity contribution in [3.8, 4) is 0 Å². The number of fused-ring (bicyclic) bond motifs is 2. The number of aromatic amines is 1. The number of nitrogens with zero attached hydrogens (tertiary/aromatic N) is 4. The van der Waals surface area contributed by atoms with Gasteiger partial charge in [0.2, 0.25) is 23.4 Å². The molecule has 0 aliphatic carbocycles. The number of halogens is 2. The lowest BCUT2D eigenvalue weighted by Gasteiger charge is -2.39. The van der Waals surface area contributed by atoms with Gasteiger partial charge in [-0.1, -0.05) is 24.3 Å². The van der Waals surface area contributed by atoms with Crippen molar-refractivity contribution in [3.63, 3.8) is 0 Å². The van der Waals surface area contributed by atoms with E-state index in [1.54, 1.807) is 24.3 Å². The van der Waals surface area contributed by atoms with E-state index >= 15 is 0 Å². The summed E-state index contributed by atoms with van der Waals surface area (Å²) in [5.74, 6) is -2.10. The van der Waals surface area contributed by atoms with E-state index in [4.69, 9.17) is 16.4 Å². The number of rotatable bonds is 6. The molecule has 46 heavy (non-hydrogen) atoms. The van der Waals surface area contributed by atoms with Gasteiger partial charge in [-0.25, -0.2) is 4.85 Å². The molecule has 4 amide bonds. The van der Waals surface area contributed by atoms with Crippen LogP contribution in [0, 0.1) is 6.57 Å². The number of anilines is 1. The fourth-order valence-corrected chi connectivity index (χ4v) is 6.52. The summed E-state index contributed by atoms with van der Waals surface area (Å²) in [6.45, 7) is 8.89. The van der Waals surface area contributed by atoms with E-state index in [9.17, 15) is 32.5 Å². The molecule has 2 aromatic carbocycles. The van der Waals surface area contributed by atoms with Gasteiger partial charge >= 0.3 is 13.3 Å². The van der Waals surface area contributed by atoms with E-state index in [-0.39, 0.29) is 41.3 Å². The highest BCUT2D eigenvalue weighted by atomic mass is 31.2. The lowest BCUT2D eigenvalue weighted by Crippen LogP contribution is -2.61. The third-order valence-corrected chi connectivity index (χ3v) is 9.49. The summed E-state index contributed by atoms with van der Waals surface area (Å²) in [5, 5.41) is 2.69. The minimum atomic E-state index is -5.82. The van der Waals surface area contributed by atoms with Gasteiger partial charge in [-0.05, 0) is 43.5 Å². The zero-order valence-electron chi connectivity index (χ0n) is 24.8. The molecule has 2 aliphatic heterocycles. The SMILES string of the molecule is [C-]#[N+]c1ccccc1N(C)C(=O)[C@@H]1CC[C@@H]2CCN(C(C)=O)C[C@H](NC(=O)c3cc4cc(C(F)(F)P(=O)(O)O)ccc4[nH]3)C(=O)N21. The summed E-state index contributed by atoms with van der Waals surface area (Å²) in [6.07, 6.45) is 1.24. The molecule has 242 valence electrons. The number of alkyl halides is 2. The van der Waals surface area contributed by atoms with Crippen molar-refractivity contribution in [2.45, 2.75) is 50.0 Å². The van der Waals surface area contributed by atoms with Crippen LogP contribution in [0.15, 0.2) is 48.5 Å². The fraction of sp³-hybridized carbons (Fsp3) is 0.367. The van der Waals surface area contributed by atoms with Crippen LogP contribution < -0.4 is 10.2 Å². The number of nitrogens with one attached hydrogen (secondary N) is 2. The average molecular weight is 657 g/mol. The summed E-state index contributed by atoms with van der Waals surface area (Å²) >= 11 is 0. The number of para-hydroxylation sites is 2. The molecule has 0 saturated carbocycles. The maximum atomic E-state index is 14.3. The van der Waals surface area contributed by atoms with Crippen LogP contribution in [0.2, 0.25) is 0 Å². The van der Waals surface area contributed by atoms with E-state index in [1.165, 1.54) is 34.7 Å². The molecule has 4 N–H and O–H groups in total. The molecule has 2 saturated heterocycles. The van der Waals surface area contributed by atoms with Crippen LogP contribution in [0.3, 0.4) is 0 Å². The Morgan fingerprint density at radius 2 is 1.85 bits per heavy atom. The average Bonchev–Trinajstić information content (AvgIpc) is 3.64. The molecule has 3 atom stereocenters. The Hall–Kier alpha value is -4.64. The van der Waals surface area contributed by atoms with Gasteiger partial charge in [0.25, 0.3) is 5.91 Å². The Bertz CT molecular complexity index is 1820. The Balaban J connectivity index is 1.42. The Morgan fingerprint density at radius 3 is 2.52 bits per heavy atom. The summed E-state index contributed by atoms with van der Waals surface area (Å²) in [5.41, 5.74) is -4.64. The van der Waals surface area contributed by atoms with Gasteiger partial charge in [0.05, 0.1) is 6.57 Å². The highest BCUT2D eigenvalue weighted by Gasteiger charge is 2.50. The second-order valence-corrected chi connectivity index (χ2v) is 13.0. The molecule has 0 unspecified atom stereocenters. The minimum absolute atomic E-state index is 0.0677. The monoisotopic (exact) mass is 656 g/mol. The first-order valence-corrected chi connectivity index (χ1v) is 15.9. The van der Waals surface area contributed by atoms with E-state index < -0.39 is 54.7 Å². The number of aromatic nitrogens is 1. The van der Waals surface area contributed by atoms with Gasteiger partial charge < -0.3 is 34.8 Å². The van der Waals surface area contributed by atoms with Crippen LogP contribution in [-0.2, 0) is 24.6 Å². The first kappa shape index (κ1) is 32.7. The van der Waals surface area contributed by atoms with E-state index in [2.05, 4.69) is 15.1 Å². The molecule has 3 aromatic rings. The van der Waals surface area contributed by atoms with Crippen LogP contribution in [-0.4, -0.2) is 86.5 Å². The second-order valence-electron chi connectivity index (χ2n) is 11.3. The fourth-order valence-electron chi connectivity index (χ4n) is 6.04. The second kappa shape index (κ2) is 12.3. The molecule has 13 nitrogen and oxygen atoms in total. The summed E-state index contributed by atoms with van der Waals surface area (Å²) < 4.78 is 39.9. The molecule has 0 bridgehead atoms. The lowest BCUT2D eigenvalue weighted by molar-refractivity contribution is -0.144. The molecular formula is C30H31F2N6O7P. The smallest absolute Gasteiger partial charge is 0.351 e. The van der Waals surface area contributed by atoms with Crippen molar-refractivity contribution < 1.29 is 42.3 Å². The summed E-state index contributed by atoms with van der Waals surface area (Å²) in [4.78, 5) is 82.4. The van der Waals surface area contributed by atoms with Gasteiger partial charge in [-0.2, -0.15) is 8.78 Å². The molecule has 5 rings (SSSR count). The molecule has 1 aromatic heterocycles. The van der Waals surface area contributed by atoms with Crippen molar-refractivity contribution in [1.29, 1.82) is 0 Å². The zero-order valence-corrected chi connectivity index (χ0v) is 25.7. The van der Waals surface area contributed by atoms with Gasteiger partial charge in [0, 0.05) is 55.3 Å². The highest BCUT2D eigenvalue weighted by molar-refractivity contribution is 7.52. The van der Waals surface area contributed by atoms with Crippen LogP contribution in [0.25, 0.3) is 15.7 Å².